The summed E-state index contributed by atoms with van der Waals surface area (Å²) in [5.74, 6) is 1.79. The summed E-state index contributed by atoms with van der Waals surface area (Å²) in [5.41, 5.74) is 2.59. The van der Waals surface area contributed by atoms with Gasteiger partial charge in [-0.15, -0.1) is 0 Å². The Balaban J connectivity index is 2.76. The Morgan fingerprint density at radius 3 is 2.50 bits per heavy atom. The fourth-order valence-corrected chi connectivity index (χ4v) is 2.85. The van der Waals surface area contributed by atoms with E-state index in [2.05, 4.69) is 51.3 Å². The van der Waals surface area contributed by atoms with Crippen LogP contribution in [-0.2, 0) is 0 Å². The Morgan fingerprint density at radius 2 is 2.00 bits per heavy atom. The Hall–Kier alpha value is -1.02. The third kappa shape index (κ3) is 4.82. The molecule has 2 unspecified atom stereocenters. The first kappa shape index (κ1) is 17.0. The SMILES string of the molecule is CCCCC(CC)CC(NC)c1ccc(OC)c(C)c1. The first-order valence-corrected chi connectivity index (χ1v) is 7.97. The van der Waals surface area contributed by atoms with Crippen LogP contribution in [0.5, 0.6) is 5.75 Å². The highest BCUT2D eigenvalue weighted by Crippen LogP contribution is 2.29. The number of nitrogens with one attached hydrogen (secondary N) is 1. The van der Waals surface area contributed by atoms with Crippen LogP contribution >= 0.6 is 0 Å². The van der Waals surface area contributed by atoms with Gasteiger partial charge in [-0.2, -0.15) is 0 Å². The molecule has 1 aromatic rings. The van der Waals surface area contributed by atoms with Gasteiger partial charge in [-0.1, -0.05) is 51.7 Å². The second-order valence-electron chi connectivity index (χ2n) is 5.72. The molecule has 0 radical (unpaired) electrons. The average Bonchev–Trinajstić information content (AvgIpc) is 2.47. The minimum absolute atomic E-state index is 0.446. The lowest BCUT2D eigenvalue weighted by atomic mass is 9.89. The van der Waals surface area contributed by atoms with E-state index in [-0.39, 0.29) is 0 Å². The third-order valence-electron chi connectivity index (χ3n) is 4.28. The molecular formula is C18H31NO. The van der Waals surface area contributed by atoms with Crippen LogP contribution in [0, 0.1) is 12.8 Å². The molecule has 1 aromatic carbocycles. The Kier molecular flexibility index (Phi) is 7.68. The van der Waals surface area contributed by atoms with Crippen molar-refractivity contribution in [1.82, 2.24) is 5.32 Å². The van der Waals surface area contributed by atoms with Gasteiger partial charge in [0.15, 0.2) is 0 Å². The fraction of sp³-hybridized carbons (Fsp3) is 0.667. The highest BCUT2D eigenvalue weighted by Gasteiger charge is 2.16. The van der Waals surface area contributed by atoms with Crippen molar-refractivity contribution >= 4 is 0 Å². The van der Waals surface area contributed by atoms with E-state index in [1.54, 1.807) is 7.11 Å². The summed E-state index contributed by atoms with van der Waals surface area (Å²) in [6.45, 7) is 6.70. The van der Waals surface area contributed by atoms with Crippen molar-refractivity contribution in [2.45, 2.75) is 58.9 Å². The van der Waals surface area contributed by atoms with Crippen LogP contribution in [0.1, 0.15) is 63.1 Å². The van der Waals surface area contributed by atoms with Crippen molar-refractivity contribution in [3.05, 3.63) is 29.3 Å². The highest BCUT2D eigenvalue weighted by molar-refractivity contribution is 5.37. The van der Waals surface area contributed by atoms with E-state index in [0.717, 1.165) is 11.7 Å². The van der Waals surface area contributed by atoms with Gasteiger partial charge in [0.05, 0.1) is 7.11 Å². The summed E-state index contributed by atoms with van der Waals surface area (Å²) in [7, 11) is 3.80. The third-order valence-corrected chi connectivity index (χ3v) is 4.28. The maximum atomic E-state index is 5.35. The Morgan fingerprint density at radius 1 is 1.25 bits per heavy atom. The number of methoxy groups -OCH3 is 1. The summed E-state index contributed by atoms with van der Waals surface area (Å²) >= 11 is 0. The van der Waals surface area contributed by atoms with E-state index in [4.69, 9.17) is 4.74 Å². The minimum Gasteiger partial charge on any atom is -0.496 e. The standard InChI is InChI=1S/C18H31NO/c1-6-8-9-15(7-2)13-17(19-4)16-10-11-18(20-5)14(3)12-16/h10-12,15,17,19H,6-9,13H2,1-5H3. The minimum atomic E-state index is 0.446. The second kappa shape index (κ2) is 9.02. The summed E-state index contributed by atoms with van der Waals surface area (Å²) in [6.07, 6.45) is 6.48. The largest absolute Gasteiger partial charge is 0.496 e. The zero-order chi connectivity index (χ0) is 15.0. The lowest BCUT2D eigenvalue weighted by Crippen LogP contribution is -2.20. The van der Waals surface area contributed by atoms with Gasteiger partial charge in [-0.05, 0) is 43.5 Å². The summed E-state index contributed by atoms with van der Waals surface area (Å²) in [4.78, 5) is 0. The summed E-state index contributed by atoms with van der Waals surface area (Å²) < 4.78 is 5.35. The molecule has 114 valence electrons. The van der Waals surface area contributed by atoms with Gasteiger partial charge < -0.3 is 10.1 Å². The maximum Gasteiger partial charge on any atom is 0.121 e. The predicted octanol–water partition coefficient (Wildman–Crippen LogP) is 4.87. The van der Waals surface area contributed by atoms with E-state index in [1.165, 1.54) is 43.2 Å². The monoisotopic (exact) mass is 277 g/mol. The normalized spacial score (nSPS) is 14.1. The van der Waals surface area contributed by atoms with Gasteiger partial charge in [0.2, 0.25) is 0 Å². The molecule has 0 aliphatic carbocycles. The number of hydrogen-bond donors (Lipinski definition) is 1. The molecule has 20 heavy (non-hydrogen) atoms. The van der Waals surface area contributed by atoms with E-state index in [9.17, 15) is 0 Å². The molecule has 0 saturated heterocycles. The first-order chi connectivity index (χ1) is 9.65. The van der Waals surface area contributed by atoms with Crippen molar-refractivity contribution in [2.75, 3.05) is 14.2 Å². The average molecular weight is 277 g/mol. The molecule has 0 heterocycles. The molecule has 0 aliphatic rings. The quantitative estimate of drug-likeness (QED) is 0.695. The van der Waals surface area contributed by atoms with Crippen LogP contribution in [0.3, 0.4) is 0 Å². The van der Waals surface area contributed by atoms with Crippen molar-refractivity contribution in [3.8, 4) is 5.75 Å². The number of hydrogen-bond acceptors (Lipinski definition) is 2. The van der Waals surface area contributed by atoms with Gasteiger partial charge in [0.25, 0.3) is 0 Å². The number of rotatable bonds is 9. The maximum absolute atomic E-state index is 5.35. The predicted molar refractivity (Wildman–Crippen MR) is 87.5 cm³/mol. The van der Waals surface area contributed by atoms with E-state index >= 15 is 0 Å². The molecular weight excluding hydrogens is 246 g/mol. The fourth-order valence-electron chi connectivity index (χ4n) is 2.85. The molecule has 0 amide bonds. The summed E-state index contributed by atoms with van der Waals surface area (Å²) in [6, 6.07) is 6.98. The van der Waals surface area contributed by atoms with E-state index in [0.29, 0.717) is 6.04 Å². The van der Waals surface area contributed by atoms with Crippen LogP contribution in [0.4, 0.5) is 0 Å². The molecule has 2 heteroatoms. The molecule has 0 saturated carbocycles. The topological polar surface area (TPSA) is 21.3 Å². The van der Waals surface area contributed by atoms with Crippen LogP contribution in [0.15, 0.2) is 18.2 Å². The van der Waals surface area contributed by atoms with Gasteiger partial charge in [-0.3, -0.25) is 0 Å². The second-order valence-corrected chi connectivity index (χ2v) is 5.72. The van der Waals surface area contributed by atoms with Crippen molar-refractivity contribution in [1.29, 1.82) is 0 Å². The van der Waals surface area contributed by atoms with E-state index in [1.807, 2.05) is 0 Å². The number of unbranched alkanes of at least 4 members (excludes halogenated alkanes) is 1. The van der Waals surface area contributed by atoms with Gasteiger partial charge in [-0.25, -0.2) is 0 Å². The van der Waals surface area contributed by atoms with Crippen LogP contribution < -0.4 is 10.1 Å². The van der Waals surface area contributed by atoms with Crippen molar-refractivity contribution in [3.63, 3.8) is 0 Å². The zero-order valence-electron chi connectivity index (χ0n) is 13.8. The smallest absolute Gasteiger partial charge is 0.121 e. The van der Waals surface area contributed by atoms with Gasteiger partial charge in [0, 0.05) is 6.04 Å². The number of aryl methyl sites for hydroxylation is 1. The van der Waals surface area contributed by atoms with Crippen LogP contribution in [0.2, 0.25) is 0 Å². The molecule has 0 fully saturated rings. The number of benzene rings is 1. The molecule has 1 rings (SSSR count). The van der Waals surface area contributed by atoms with Crippen molar-refractivity contribution in [2.24, 2.45) is 5.92 Å². The summed E-state index contributed by atoms with van der Waals surface area (Å²) in [5, 5.41) is 3.48. The van der Waals surface area contributed by atoms with Crippen molar-refractivity contribution < 1.29 is 4.74 Å². The lowest BCUT2D eigenvalue weighted by molar-refractivity contribution is 0.364. The van der Waals surface area contributed by atoms with E-state index < -0.39 is 0 Å². The highest BCUT2D eigenvalue weighted by atomic mass is 16.5. The first-order valence-electron chi connectivity index (χ1n) is 7.97. The van der Waals surface area contributed by atoms with Crippen LogP contribution in [0.25, 0.3) is 0 Å². The Labute approximate surface area is 124 Å². The zero-order valence-corrected chi connectivity index (χ0v) is 13.8. The van der Waals surface area contributed by atoms with Gasteiger partial charge >= 0.3 is 0 Å². The Bertz CT molecular complexity index is 389. The molecule has 0 spiro atoms. The van der Waals surface area contributed by atoms with Gasteiger partial charge in [0.1, 0.15) is 5.75 Å². The lowest BCUT2D eigenvalue weighted by Gasteiger charge is -2.23. The molecule has 2 atom stereocenters. The molecule has 1 N–H and O–H groups in total. The molecule has 0 bridgehead atoms. The number of ether oxygens (including phenoxy) is 1. The molecule has 2 nitrogen and oxygen atoms in total. The molecule has 0 aromatic heterocycles. The molecule has 0 aliphatic heterocycles. The van der Waals surface area contributed by atoms with Crippen LogP contribution in [-0.4, -0.2) is 14.2 Å².